The lowest BCUT2D eigenvalue weighted by molar-refractivity contribution is 0.0678. The summed E-state index contributed by atoms with van der Waals surface area (Å²) in [7, 11) is 0. The monoisotopic (exact) mass is 403 g/mol. The number of benzene rings is 1. The number of nitrogens with zero attached hydrogens (tertiary/aromatic N) is 5. The second-order valence-corrected chi connectivity index (χ2v) is 7.62. The van der Waals surface area contributed by atoms with Crippen LogP contribution in [0.2, 0.25) is 0 Å². The molecule has 138 valence electrons. The molecule has 0 radical (unpaired) electrons. The second kappa shape index (κ2) is 8.01. The molecule has 0 spiro atoms. The molecule has 0 atom stereocenters. The van der Waals surface area contributed by atoms with E-state index in [1.54, 1.807) is 11.3 Å². The van der Waals surface area contributed by atoms with Crippen LogP contribution < -0.4 is 0 Å². The lowest BCUT2D eigenvalue weighted by Gasteiger charge is -2.10. The lowest BCUT2D eigenvalue weighted by atomic mass is 10.3. The van der Waals surface area contributed by atoms with Crippen LogP contribution in [0.5, 0.6) is 0 Å². The van der Waals surface area contributed by atoms with Gasteiger partial charge in [-0.1, -0.05) is 36.0 Å². The van der Waals surface area contributed by atoms with Gasteiger partial charge in [0.25, 0.3) is 0 Å². The van der Waals surface area contributed by atoms with Crippen molar-refractivity contribution < 1.29 is 8.78 Å². The zero-order valence-corrected chi connectivity index (χ0v) is 15.7. The van der Waals surface area contributed by atoms with E-state index in [0.29, 0.717) is 17.4 Å². The summed E-state index contributed by atoms with van der Waals surface area (Å²) in [5.41, 5.74) is 0.939. The van der Waals surface area contributed by atoms with Crippen molar-refractivity contribution in [3.63, 3.8) is 0 Å². The molecule has 3 heterocycles. The summed E-state index contributed by atoms with van der Waals surface area (Å²) < 4.78 is 28.9. The van der Waals surface area contributed by atoms with Crippen LogP contribution in [0, 0.1) is 0 Å². The van der Waals surface area contributed by atoms with Gasteiger partial charge in [-0.2, -0.15) is 8.78 Å². The molecule has 1 aromatic carbocycles. The third kappa shape index (κ3) is 3.93. The first-order valence-electron chi connectivity index (χ1n) is 8.17. The predicted molar refractivity (Wildman–Crippen MR) is 102 cm³/mol. The summed E-state index contributed by atoms with van der Waals surface area (Å²) in [4.78, 5) is 5.21. The number of imidazole rings is 1. The Balaban J connectivity index is 1.64. The summed E-state index contributed by atoms with van der Waals surface area (Å²) in [6.45, 7) is -2.61. The minimum absolute atomic E-state index is 0.279. The average molecular weight is 403 g/mol. The van der Waals surface area contributed by atoms with Crippen LogP contribution in [0.15, 0.2) is 65.4 Å². The Morgan fingerprint density at radius 3 is 2.63 bits per heavy atom. The number of para-hydroxylation sites is 1. The normalized spacial score (nSPS) is 11.4. The molecule has 9 heteroatoms. The average Bonchev–Trinajstić information content (AvgIpc) is 3.42. The standard InChI is InChI=1S/C18H15F2N5S2/c19-17(20)24-9-8-21-16(24)12-27-18-23-22-15(11-14-7-4-10-26-14)25(18)13-5-2-1-3-6-13/h1-10,17H,11-12H2. The van der Waals surface area contributed by atoms with Crippen molar-refractivity contribution in [3.8, 4) is 5.69 Å². The molecule has 0 unspecified atom stereocenters. The van der Waals surface area contributed by atoms with Gasteiger partial charge in [0.15, 0.2) is 5.16 Å². The molecular formula is C18H15F2N5S2. The van der Waals surface area contributed by atoms with Crippen molar-refractivity contribution in [1.82, 2.24) is 24.3 Å². The third-order valence-electron chi connectivity index (χ3n) is 3.92. The van der Waals surface area contributed by atoms with E-state index in [4.69, 9.17) is 0 Å². The maximum absolute atomic E-state index is 13.0. The quantitative estimate of drug-likeness (QED) is 0.416. The summed E-state index contributed by atoms with van der Waals surface area (Å²) in [6.07, 6.45) is 3.32. The van der Waals surface area contributed by atoms with Gasteiger partial charge in [0, 0.05) is 29.4 Å². The Morgan fingerprint density at radius 2 is 1.89 bits per heavy atom. The van der Waals surface area contributed by atoms with Crippen LogP contribution >= 0.6 is 23.1 Å². The number of thioether (sulfide) groups is 1. The Hall–Kier alpha value is -2.52. The molecule has 27 heavy (non-hydrogen) atoms. The third-order valence-corrected chi connectivity index (χ3v) is 5.72. The van der Waals surface area contributed by atoms with E-state index >= 15 is 0 Å². The molecule has 0 saturated heterocycles. The minimum atomic E-state index is -2.61. The molecule has 0 amide bonds. The largest absolute Gasteiger partial charge is 0.319 e. The molecule has 0 aliphatic carbocycles. The van der Waals surface area contributed by atoms with Gasteiger partial charge in [0.2, 0.25) is 0 Å². The van der Waals surface area contributed by atoms with Crippen molar-refractivity contribution >= 4 is 23.1 Å². The zero-order valence-electron chi connectivity index (χ0n) is 14.1. The predicted octanol–water partition coefficient (Wildman–Crippen LogP) is 4.80. The Bertz CT molecular complexity index is 996. The molecule has 0 aliphatic heterocycles. The molecule has 3 aromatic heterocycles. The van der Waals surface area contributed by atoms with Gasteiger partial charge in [-0.3, -0.25) is 9.13 Å². The highest BCUT2D eigenvalue weighted by Crippen LogP contribution is 2.27. The minimum Gasteiger partial charge on any atom is -0.277 e. The van der Waals surface area contributed by atoms with Crippen LogP contribution in [0.1, 0.15) is 23.1 Å². The van der Waals surface area contributed by atoms with Gasteiger partial charge < -0.3 is 0 Å². The first-order valence-corrected chi connectivity index (χ1v) is 10.0. The molecule has 0 bridgehead atoms. The van der Waals surface area contributed by atoms with Gasteiger partial charge in [-0.05, 0) is 23.6 Å². The summed E-state index contributed by atoms with van der Waals surface area (Å²) >= 11 is 3.00. The summed E-state index contributed by atoms with van der Waals surface area (Å²) in [5, 5.41) is 11.3. The number of hydrogen-bond donors (Lipinski definition) is 0. The summed E-state index contributed by atoms with van der Waals surface area (Å²) in [5.74, 6) is 1.39. The van der Waals surface area contributed by atoms with Gasteiger partial charge in [-0.15, -0.1) is 21.5 Å². The fourth-order valence-electron chi connectivity index (χ4n) is 2.68. The topological polar surface area (TPSA) is 48.5 Å². The van der Waals surface area contributed by atoms with Crippen molar-refractivity contribution in [2.75, 3.05) is 0 Å². The van der Waals surface area contributed by atoms with Crippen LogP contribution in [0.3, 0.4) is 0 Å². The number of aromatic nitrogens is 5. The molecule has 0 fully saturated rings. The molecule has 0 saturated carbocycles. The number of hydrogen-bond acceptors (Lipinski definition) is 5. The van der Waals surface area contributed by atoms with Crippen LogP contribution in [-0.4, -0.2) is 24.3 Å². The number of halogens is 2. The van der Waals surface area contributed by atoms with Crippen molar-refractivity contribution in [2.24, 2.45) is 0 Å². The first-order chi connectivity index (χ1) is 13.2. The molecule has 5 nitrogen and oxygen atoms in total. The molecule has 4 rings (SSSR count). The van der Waals surface area contributed by atoms with Gasteiger partial charge in [0.1, 0.15) is 11.6 Å². The van der Waals surface area contributed by atoms with Crippen molar-refractivity contribution in [1.29, 1.82) is 0 Å². The second-order valence-electron chi connectivity index (χ2n) is 5.64. The Labute approximate surface area is 162 Å². The van der Waals surface area contributed by atoms with Crippen LogP contribution in [0.25, 0.3) is 5.69 Å². The number of alkyl halides is 2. The van der Waals surface area contributed by atoms with Crippen LogP contribution in [0.4, 0.5) is 8.78 Å². The smallest absolute Gasteiger partial charge is 0.277 e. The van der Waals surface area contributed by atoms with Crippen LogP contribution in [-0.2, 0) is 12.2 Å². The fraction of sp³-hybridized carbons (Fsp3) is 0.167. The van der Waals surface area contributed by atoms with Gasteiger partial charge >= 0.3 is 6.55 Å². The van der Waals surface area contributed by atoms with E-state index in [1.807, 2.05) is 46.3 Å². The highest BCUT2D eigenvalue weighted by atomic mass is 32.2. The van der Waals surface area contributed by atoms with E-state index in [-0.39, 0.29) is 5.75 Å². The Morgan fingerprint density at radius 1 is 1.04 bits per heavy atom. The van der Waals surface area contributed by atoms with E-state index in [9.17, 15) is 8.78 Å². The summed E-state index contributed by atoms with van der Waals surface area (Å²) in [6, 6.07) is 13.9. The van der Waals surface area contributed by atoms with E-state index in [0.717, 1.165) is 16.1 Å². The fourth-order valence-corrected chi connectivity index (χ4v) is 4.30. The van der Waals surface area contributed by atoms with Gasteiger partial charge in [-0.25, -0.2) is 4.98 Å². The highest BCUT2D eigenvalue weighted by molar-refractivity contribution is 7.98. The number of rotatable bonds is 7. The zero-order chi connectivity index (χ0) is 18.6. The maximum atomic E-state index is 13.0. The maximum Gasteiger partial charge on any atom is 0.319 e. The van der Waals surface area contributed by atoms with Gasteiger partial charge in [0.05, 0.1) is 5.75 Å². The SMILES string of the molecule is FC(F)n1ccnc1CSc1nnc(Cc2cccs2)n1-c1ccccc1. The molecule has 4 aromatic rings. The molecular weight excluding hydrogens is 388 g/mol. The van der Waals surface area contributed by atoms with Crippen molar-refractivity contribution in [2.45, 2.75) is 23.9 Å². The number of thiophene rings is 1. The Kier molecular flexibility index (Phi) is 5.30. The highest BCUT2D eigenvalue weighted by Gasteiger charge is 2.17. The van der Waals surface area contributed by atoms with E-state index in [2.05, 4.69) is 21.2 Å². The molecule has 0 N–H and O–H groups in total. The molecule has 0 aliphatic rings. The first kappa shape index (κ1) is 17.9. The lowest BCUT2D eigenvalue weighted by Crippen LogP contribution is -2.05. The van der Waals surface area contributed by atoms with Crippen molar-refractivity contribution in [3.05, 3.63) is 76.8 Å². The van der Waals surface area contributed by atoms with E-state index < -0.39 is 6.55 Å². The van der Waals surface area contributed by atoms with E-state index in [1.165, 1.54) is 29.0 Å².